The van der Waals surface area contributed by atoms with Crippen LogP contribution >= 0.6 is 0 Å². The molecule has 254 valence electrons. The van der Waals surface area contributed by atoms with Gasteiger partial charge in [-0.25, -0.2) is 9.67 Å². The van der Waals surface area contributed by atoms with Crippen molar-refractivity contribution in [3.63, 3.8) is 0 Å². The van der Waals surface area contributed by atoms with Gasteiger partial charge in [0.25, 0.3) is 0 Å². The second-order valence-corrected chi connectivity index (χ2v) is 14.8. The summed E-state index contributed by atoms with van der Waals surface area (Å²) in [7, 11) is 0. The molecule has 3 heterocycles. The molecule has 0 aliphatic carbocycles. The van der Waals surface area contributed by atoms with Crippen LogP contribution in [0.25, 0.3) is 44.4 Å². The lowest BCUT2D eigenvalue weighted by Gasteiger charge is -2.17. The predicted octanol–water partition coefficient (Wildman–Crippen LogP) is 12.2. The molecule has 0 unspecified atom stereocenters. The Balaban J connectivity index is 1.25. The molecule has 0 amide bonds. The molecule has 0 atom stereocenters. The van der Waals surface area contributed by atoms with Crippen molar-refractivity contribution in [1.82, 2.24) is 19.3 Å². The van der Waals surface area contributed by atoms with Gasteiger partial charge in [0.1, 0.15) is 17.3 Å². The number of hydrogen-bond acceptors (Lipinski definition) is 3. The van der Waals surface area contributed by atoms with E-state index in [0.29, 0.717) is 5.41 Å². The van der Waals surface area contributed by atoms with E-state index in [1.807, 2.05) is 29.1 Å². The maximum atomic E-state index is 6.60. The van der Waals surface area contributed by atoms with Crippen LogP contribution in [0, 0.1) is 19.3 Å². The standard InChI is InChI=1S/C45H48N4O/c1-7-14-33-24-26-46-43(28-33)48-41-23-20-34(15-11-12-25-45(4,5)6)27-40(41)39-22-21-38(30-42(39)48)50-37-19-13-18-36(29-37)49-32(3)44(31(2)47-49)35-16-9-8-10-17-35/h8-10,13,16-24,26-30H,7,11-12,14-15,25H2,1-6H3. The molecule has 0 bridgehead atoms. The number of pyridine rings is 1. The highest BCUT2D eigenvalue weighted by molar-refractivity contribution is 6.09. The lowest BCUT2D eigenvalue weighted by Crippen LogP contribution is -2.04. The molecule has 0 radical (unpaired) electrons. The molecule has 7 rings (SSSR count). The summed E-state index contributed by atoms with van der Waals surface area (Å²) < 4.78 is 10.9. The third-order valence-corrected chi connectivity index (χ3v) is 9.67. The molecule has 0 aliphatic rings. The minimum atomic E-state index is 0.376. The van der Waals surface area contributed by atoms with Gasteiger partial charge in [-0.15, -0.1) is 0 Å². The van der Waals surface area contributed by atoms with Gasteiger partial charge in [0.15, 0.2) is 0 Å². The molecule has 0 N–H and O–H groups in total. The Kier molecular flexibility index (Phi) is 9.33. The highest BCUT2D eigenvalue weighted by atomic mass is 16.5. The number of rotatable bonds is 11. The third kappa shape index (κ3) is 6.96. The smallest absolute Gasteiger partial charge is 0.137 e. The van der Waals surface area contributed by atoms with Crippen molar-refractivity contribution in [3.05, 3.63) is 132 Å². The summed E-state index contributed by atoms with van der Waals surface area (Å²) >= 11 is 0. The van der Waals surface area contributed by atoms with Crippen molar-refractivity contribution in [2.24, 2.45) is 5.41 Å². The Bertz CT molecular complexity index is 2270. The fourth-order valence-corrected chi connectivity index (χ4v) is 7.26. The Morgan fingerprint density at radius 3 is 2.30 bits per heavy atom. The number of ether oxygens (including phenoxy) is 1. The number of nitrogens with zero attached hydrogens (tertiary/aromatic N) is 4. The van der Waals surface area contributed by atoms with Crippen LogP contribution < -0.4 is 4.74 Å². The van der Waals surface area contributed by atoms with Crippen molar-refractivity contribution in [1.29, 1.82) is 0 Å². The fraction of sp³-hybridized carbons (Fsp3) is 0.289. The third-order valence-electron chi connectivity index (χ3n) is 9.67. The maximum absolute atomic E-state index is 6.60. The first kappa shape index (κ1) is 33.3. The summed E-state index contributed by atoms with van der Waals surface area (Å²) in [5.74, 6) is 2.48. The largest absolute Gasteiger partial charge is 0.457 e. The zero-order chi connectivity index (χ0) is 34.8. The highest BCUT2D eigenvalue weighted by Crippen LogP contribution is 2.37. The van der Waals surface area contributed by atoms with E-state index in [9.17, 15) is 0 Å². The molecular weight excluding hydrogens is 613 g/mol. The summed E-state index contributed by atoms with van der Waals surface area (Å²) in [6, 6.07) is 36.5. The normalized spacial score (nSPS) is 11.9. The van der Waals surface area contributed by atoms with Gasteiger partial charge in [0, 0.05) is 40.4 Å². The van der Waals surface area contributed by atoms with Crippen molar-refractivity contribution in [2.45, 2.75) is 80.1 Å². The molecule has 5 heteroatoms. The summed E-state index contributed by atoms with van der Waals surface area (Å²) in [6.07, 6.45) is 8.83. The number of hydrogen-bond donors (Lipinski definition) is 0. The molecule has 5 nitrogen and oxygen atoms in total. The molecular formula is C45H48N4O. The minimum Gasteiger partial charge on any atom is -0.457 e. The zero-order valence-corrected chi connectivity index (χ0v) is 30.3. The van der Waals surface area contributed by atoms with Crippen LogP contribution in [0.4, 0.5) is 0 Å². The predicted molar refractivity (Wildman–Crippen MR) is 208 cm³/mol. The first-order chi connectivity index (χ1) is 24.2. The number of aromatic nitrogens is 4. The van der Waals surface area contributed by atoms with E-state index in [1.165, 1.54) is 52.3 Å². The van der Waals surface area contributed by atoms with Crippen LogP contribution in [0.1, 0.15) is 75.9 Å². The van der Waals surface area contributed by atoms with Gasteiger partial charge in [-0.2, -0.15) is 5.10 Å². The summed E-state index contributed by atoms with van der Waals surface area (Å²) in [5.41, 5.74) is 10.7. The van der Waals surface area contributed by atoms with Crippen LogP contribution in [0.15, 0.2) is 109 Å². The van der Waals surface area contributed by atoms with Gasteiger partial charge in [0.05, 0.1) is 22.4 Å². The van der Waals surface area contributed by atoms with Gasteiger partial charge in [0.2, 0.25) is 0 Å². The summed E-state index contributed by atoms with van der Waals surface area (Å²) in [5, 5.41) is 7.39. The lowest BCUT2D eigenvalue weighted by molar-refractivity contribution is 0.360. The number of benzene rings is 4. The Labute approximate surface area is 296 Å². The zero-order valence-electron chi connectivity index (χ0n) is 30.3. The first-order valence-electron chi connectivity index (χ1n) is 18.1. The Morgan fingerprint density at radius 2 is 1.50 bits per heavy atom. The lowest BCUT2D eigenvalue weighted by atomic mass is 9.89. The molecule has 50 heavy (non-hydrogen) atoms. The number of aryl methyl sites for hydroxylation is 3. The average Bonchev–Trinajstić information content (AvgIpc) is 3.59. The van der Waals surface area contributed by atoms with E-state index in [4.69, 9.17) is 14.8 Å². The van der Waals surface area contributed by atoms with E-state index in [2.05, 4.69) is 131 Å². The van der Waals surface area contributed by atoms with Gasteiger partial charge >= 0.3 is 0 Å². The molecule has 7 aromatic rings. The van der Waals surface area contributed by atoms with E-state index >= 15 is 0 Å². The highest BCUT2D eigenvalue weighted by Gasteiger charge is 2.18. The molecule has 0 fully saturated rings. The minimum absolute atomic E-state index is 0.376. The second-order valence-electron chi connectivity index (χ2n) is 14.8. The Morgan fingerprint density at radius 1 is 0.700 bits per heavy atom. The monoisotopic (exact) mass is 660 g/mol. The van der Waals surface area contributed by atoms with E-state index in [-0.39, 0.29) is 0 Å². The quantitative estimate of drug-likeness (QED) is 0.130. The van der Waals surface area contributed by atoms with Crippen molar-refractivity contribution < 1.29 is 4.74 Å². The number of fused-ring (bicyclic) bond motifs is 3. The fourth-order valence-electron chi connectivity index (χ4n) is 7.26. The summed E-state index contributed by atoms with van der Waals surface area (Å²) in [4.78, 5) is 4.88. The molecule has 4 aromatic carbocycles. The van der Waals surface area contributed by atoms with Crippen molar-refractivity contribution in [3.8, 4) is 34.1 Å². The van der Waals surface area contributed by atoms with Gasteiger partial charge in [-0.3, -0.25) is 4.57 Å². The van der Waals surface area contributed by atoms with E-state index in [0.717, 1.165) is 64.7 Å². The van der Waals surface area contributed by atoms with Crippen LogP contribution in [0.2, 0.25) is 0 Å². The van der Waals surface area contributed by atoms with Crippen LogP contribution in [-0.4, -0.2) is 19.3 Å². The van der Waals surface area contributed by atoms with Crippen molar-refractivity contribution in [2.75, 3.05) is 0 Å². The van der Waals surface area contributed by atoms with Crippen LogP contribution in [0.5, 0.6) is 11.5 Å². The van der Waals surface area contributed by atoms with E-state index in [1.54, 1.807) is 0 Å². The molecule has 0 saturated carbocycles. The SMILES string of the molecule is CCCc1ccnc(-n2c3ccc(CCCCC(C)(C)C)cc3c3ccc(Oc4cccc(-n5nc(C)c(-c6ccccc6)c5C)c4)cc32)c1. The van der Waals surface area contributed by atoms with Gasteiger partial charge in [-0.05, 0) is 110 Å². The molecule has 3 aromatic heterocycles. The summed E-state index contributed by atoms with van der Waals surface area (Å²) in [6.45, 7) is 13.4. The van der Waals surface area contributed by atoms with E-state index < -0.39 is 0 Å². The second kappa shape index (κ2) is 14.0. The topological polar surface area (TPSA) is 44.9 Å². The molecule has 0 aliphatic heterocycles. The average molecular weight is 661 g/mol. The van der Waals surface area contributed by atoms with Gasteiger partial charge in [-0.1, -0.05) is 83.0 Å². The first-order valence-corrected chi connectivity index (χ1v) is 18.1. The molecule has 0 saturated heterocycles. The van der Waals surface area contributed by atoms with Crippen LogP contribution in [0.3, 0.4) is 0 Å². The Hall–Kier alpha value is -5.16. The number of unbranched alkanes of at least 4 members (excludes halogenated alkanes) is 1. The van der Waals surface area contributed by atoms with Gasteiger partial charge < -0.3 is 4.74 Å². The van der Waals surface area contributed by atoms with Crippen molar-refractivity contribution >= 4 is 21.8 Å². The maximum Gasteiger partial charge on any atom is 0.137 e. The molecule has 0 spiro atoms. The van der Waals surface area contributed by atoms with Crippen LogP contribution in [-0.2, 0) is 12.8 Å².